The van der Waals surface area contributed by atoms with Gasteiger partial charge in [0.15, 0.2) is 0 Å². The predicted molar refractivity (Wildman–Crippen MR) is 80.6 cm³/mol. The van der Waals surface area contributed by atoms with Crippen LogP contribution in [0.4, 0.5) is 0 Å². The SMILES string of the molecule is CC1CC(C(=O)O)CN(S(=O)(=O)Cc2cccc(Cl)c2)C1. The molecular formula is C14H18ClNO4S. The van der Waals surface area contributed by atoms with Gasteiger partial charge >= 0.3 is 5.97 Å². The van der Waals surface area contributed by atoms with Gasteiger partial charge in [0, 0.05) is 18.1 Å². The molecule has 1 saturated heterocycles. The zero-order valence-corrected chi connectivity index (χ0v) is 13.3. The molecule has 0 spiro atoms. The Kier molecular flexibility index (Phi) is 4.91. The lowest BCUT2D eigenvalue weighted by molar-refractivity contribution is -0.143. The van der Waals surface area contributed by atoms with Crippen molar-refractivity contribution in [1.82, 2.24) is 4.31 Å². The van der Waals surface area contributed by atoms with Gasteiger partial charge < -0.3 is 5.11 Å². The molecule has 1 N–H and O–H groups in total. The summed E-state index contributed by atoms with van der Waals surface area (Å²) < 4.78 is 26.2. The fourth-order valence-electron chi connectivity index (χ4n) is 2.64. The number of carboxylic acids is 1. The van der Waals surface area contributed by atoms with Gasteiger partial charge in [-0.2, -0.15) is 0 Å². The van der Waals surface area contributed by atoms with Gasteiger partial charge in [-0.05, 0) is 30.0 Å². The molecule has 1 aliphatic rings. The Hall–Kier alpha value is -1.11. The molecule has 21 heavy (non-hydrogen) atoms. The van der Waals surface area contributed by atoms with Crippen molar-refractivity contribution in [3.05, 3.63) is 34.9 Å². The van der Waals surface area contributed by atoms with Crippen LogP contribution < -0.4 is 0 Å². The molecule has 2 rings (SSSR count). The van der Waals surface area contributed by atoms with Crippen molar-refractivity contribution in [2.24, 2.45) is 11.8 Å². The minimum atomic E-state index is -3.54. The summed E-state index contributed by atoms with van der Waals surface area (Å²) in [5.74, 6) is -1.70. The molecule has 116 valence electrons. The molecule has 0 aliphatic carbocycles. The predicted octanol–water partition coefficient (Wildman–Crippen LogP) is 2.21. The van der Waals surface area contributed by atoms with Gasteiger partial charge in [0.1, 0.15) is 0 Å². The summed E-state index contributed by atoms with van der Waals surface area (Å²) in [7, 11) is -3.54. The average molecular weight is 332 g/mol. The molecule has 0 radical (unpaired) electrons. The Morgan fingerprint density at radius 3 is 2.76 bits per heavy atom. The minimum Gasteiger partial charge on any atom is -0.481 e. The summed E-state index contributed by atoms with van der Waals surface area (Å²) in [6.45, 7) is 2.28. The summed E-state index contributed by atoms with van der Waals surface area (Å²) in [6.07, 6.45) is 0.512. The van der Waals surface area contributed by atoms with Gasteiger partial charge in [0.25, 0.3) is 0 Å². The Morgan fingerprint density at radius 2 is 2.14 bits per heavy atom. The van der Waals surface area contributed by atoms with E-state index in [1.165, 1.54) is 4.31 Å². The van der Waals surface area contributed by atoms with Crippen LogP contribution in [0.2, 0.25) is 5.02 Å². The number of halogens is 1. The van der Waals surface area contributed by atoms with Crippen molar-refractivity contribution in [2.45, 2.75) is 19.1 Å². The second-order valence-corrected chi connectivity index (χ2v) is 7.98. The van der Waals surface area contributed by atoms with Crippen LogP contribution in [-0.2, 0) is 20.6 Å². The van der Waals surface area contributed by atoms with Crippen molar-refractivity contribution in [3.63, 3.8) is 0 Å². The monoisotopic (exact) mass is 331 g/mol. The van der Waals surface area contributed by atoms with Crippen molar-refractivity contribution < 1.29 is 18.3 Å². The van der Waals surface area contributed by atoms with Crippen LogP contribution in [0.1, 0.15) is 18.9 Å². The Morgan fingerprint density at radius 1 is 1.43 bits per heavy atom. The summed E-state index contributed by atoms with van der Waals surface area (Å²) in [4.78, 5) is 11.1. The van der Waals surface area contributed by atoms with Crippen LogP contribution >= 0.6 is 11.6 Å². The Bertz CT molecular complexity index is 632. The number of carboxylic acid groups (broad SMARTS) is 1. The highest BCUT2D eigenvalue weighted by atomic mass is 35.5. The van der Waals surface area contributed by atoms with Crippen molar-refractivity contribution >= 4 is 27.6 Å². The zero-order valence-electron chi connectivity index (χ0n) is 11.7. The largest absolute Gasteiger partial charge is 0.481 e. The number of rotatable bonds is 4. The Balaban J connectivity index is 2.16. The maximum Gasteiger partial charge on any atom is 0.307 e. The van der Waals surface area contributed by atoms with E-state index in [0.717, 1.165) is 0 Å². The first-order valence-corrected chi connectivity index (χ1v) is 8.71. The molecule has 1 aromatic rings. The van der Waals surface area contributed by atoms with Crippen molar-refractivity contribution in [3.8, 4) is 0 Å². The number of aliphatic carboxylic acids is 1. The van der Waals surface area contributed by atoms with E-state index in [0.29, 0.717) is 23.6 Å². The third-order valence-corrected chi connectivity index (χ3v) is 5.63. The lowest BCUT2D eigenvalue weighted by Crippen LogP contribution is -2.45. The highest BCUT2D eigenvalue weighted by Gasteiger charge is 2.35. The molecule has 0 aromatic heterocycles. The van der Waals surface area contributed by atoms with Gasteiger partial charge in [0.05, 0.1) is 11.7 Å². The number of benzene rings is 1. The van der Waals surface area contributed by atoms with Crippen LogP contribution in [0.3, 0.4) is 0 Å². The summed E-state index contributed by atoms with van der Waals surface area (Å²) >= 11 is 5.86. The van der Waals surface area contributed by atoms with Crippen molar-refractivity contribution in [2.75, 3.05) is 13.1 Å². The third-order valence-electron chi connectivity index (χ3n) is 3.61. The zero-order chi connectivity index (χ0) is 15.6. The van der Waals surface area contributed by atoms with Crippen LogP contribution in [0.15, 0.2) is 24.3 Å². The molecule has 0 bridgehead atoms. The van der Waals surface area contributed by atoms with E-state index < -0.39 is 21.9 Å². The van der Waals surface area contributed by atoms with Gasteiger partial charge in [-0.3, -0.25) is 4.79 Å². The highest BCUT2D eigenvalue weighted by Crippen LogP contribution is 2.25. The quantitative estimate of drug-likeness (QED) is 0.918. The third kappa shape index (κ3) is 4.18. The fraction of sp³-hybridized carbons (Fsp3) is 0.500. The number of nitrogens with zero attached hydrogens (tertiary/aromatic N) is 1. The van der Waals surface area contributed by atoms with E-state index in [4.69, 9.17) is 16.7 Å². The smallest absolute Gasteiger partial charge is 0.307 e. The molecule has 2 unspecified atom stereocenters. The standard InChI is InChI=1S/C14H18ClNO4S/c1-10-5-12(14(17)18)8-16(7-10)21(19,20)9-11-3-2-4-13(15)6-11/h2-4,6,10,12H,5,7-9H2,1H3,(H,17,18). The first-order chi connectivity index (χ1) is 9.78. The van der Waals surface area contributed by atoms with Crippen LogP contribution in [0, 0.1) is 11.8 Å². The second-order valence-electron chi connectivity index (χ2n) is 5.58. The molecular weight excluding hydrogens is 314 g/mol. The molecule has 2 atom stereocenters. The maximum atomic E-state index is 12.5. The normalized spacial score (nSPS) is 23.9. The number of hydrogen-bond donors (Lipinski definition) is 1. The number of hydrogen-bond acceptors (Lipinski definition) is 3. The molecule has 1 aliphatic heterocycles. The number of sulfonamides is 1. The average Bonchev–Trinajstić information content (AvgIpc) is 2.37. The first kappa shape index (κ1) is 16.3. The molecule has 1 fully saturated rings. The minimum absolute atomic E-state index is 0.0361. The topological polar surface area (TPSA) is 74.7 Å². The molecule has 0 saturated carbocycles. The fourth-order valence-corrected chi connectivity index (χ4v) is 4.52. The van der Waals surface area contributed by atoms with Gasteiger partial charge in [-0.15, -0.1) is 0 Å². The number of piperidine rings is 1. The molecule has 5 nitrogen and oxygen atoms in total. The molecule has 0 amide bonds. The second kappa shape index (κ2) is 6.34. The molecule has 7 heteroatoms. The summed E-state index contributed by atoms with van der Waals surface area (Å²) in [6, 6.07) is 6.69. The van der Waals surface area contributed by atoms with E-state index in [1.54, 1.807) is 24.3 Å². The van der Waals surface area contributed by atoms with E-state index >= 15 is 0 Å². The maximum absolute atomic E-state index is 12.5. The summed E-state index contributed by atoms with van der Waals surface area (Å²) in [5, 5.41) is 9.61. The van der Waals surface area contributed by atoms with Gasteiger partial charge in [-0.25, -0.2) is 12.7 Å². The lowest BCUT2D eigenvalue weighted by atomic mass is 9.92. The molecule has 1 heterocycles. The lowest BCUT2D eigenvalue weighted by Gasteiger charge is -2.33. The van der Waals surface area contributed by atoms with Crippen LogP contribution in [0.25, 0.3) is 0 Å². The van der Waals surface area contributed by atoms with E-state index in [1.807, 2.05) is 6.92 Å². The van der Waals surface area contributed by atoms with E-state index in [2.05, 4.69) is 0 Å². The van der Waals surface area contributed by atoms with Gasteiger partial charge in [-0.1, -0.05) is 30.7 Å². The van der Waals surface area contributed by atoms with Crippen molar-refractivity contribution in [1.29, 1.82) is 0 Å². The van der Waals surface area contributed by atoms with Crippen LogP contribution in [0.5, 0.6) is 0 Å². The van der Waals surface area contributed by atoms with Gasteiger partial charge in [0.2, 0.25) is 10.0 Å². The molecule has 1 aromatic carbocycles. The Labute approximate surface area is 129 Å². The summed E-state index contributed by atoms with van der Waals surface area (Å²) in [5.41, 5.74) is 0.604. The van der Waals surface area contributed by atoms with Crippen LogP contribution in [-0.4, -0.2) is 36.9 Å². The highest BCUT2D eigenvalue weighted by molar-refractivity contribution is 7.88. The van der Waals surface area contributed by atoms with E-state index in [-0.39, 0.29) is 18.2 Å². The first-order valence-electron chi connectivity index (χ1n) is 6.73. The van der Waals surface area contributed by atoms with E-state index in [9.17, 15) is 13.2 Å². The number of carbonyl (C=O) groups is 1.